The van der Waals surface area contributed by atoms with Crippen molar-refractivity contribution in [3.8, 4) is 0 Å². The normalized spacial score (nSPS) is 27.1. The zero-order chi connectivity index (χ0) is 31.7. The third-order valence-corrected chi connectivity index (χ3v) is 9.31. The van der Waals surface area contributed by atoms with E-state index >= 15 is 0 Å². The molecule has 4 rings (SSSR count). The molecule has 0 aliphatic carbocycles. The molecule has 4 fully saturated rings. The molecule has 8 nitrogen and oxygen atoms in total. The van der Waals surface area contributed by atoms with Gasteiger partial charge in [-0.1, -0.05) is 6.42 Å². The van der Waals surface area contributed by atoms with Gasteiger partial charge in [0.2, 0.25) is 0 Å². The van der Waals surface area contributed by atoms with Crippen molar-refractivity contribution in [2.24, 2.45) is 0 Å². The fourth-order valence-electron chi connectivity index (χ4n) is 6.45. The number of hydrogen-bond acceptors (Lipinski definition) is 8. The van der Waals surface area contributed by atoms with Gasteiger partial charge in [0, 0.05) is 56.4 Å². The zero-order valence-electron chi connectivity index (χ0n) is 29.0. The zero-order valence-corrected chi connectivity index (χ0v) is 29.0. The van der Waals surface area contributed by atoms with E-state index in [0.717, 1.165) is 76.9 Å². The van der Waals surface area contributed by atoms with E-state index in [1.165, 1.54) is 38.6 Å². The van der Waals surface area contributed by atoms with Crippen molar-refractivity contribution < 1.29 is 19.7 Å². The van der Waals surface area contributed by atoms with E-state index in [4.69, 9.17) is 4.74 Å². The molecule has 2 N–H and O–H groups in total. The Morgan fingerprint density at radius 2 is 1.17 bits per heavy atom. The Morgan fingerprint density at radius 3 is 1.60 bits per heavy atom. The maximum atomic E-state index is 10.1. The van der Waals surface area contributed by atoms with Crippen molar-refractivity contribution in [1.82, 2.24) is 19.6 Å². The molecule has 250 valence electrons. The molecular weight excluding hydrogens is 528 g/mol. The molecule has 0 spiro atoms. The van der Waals surface area contributed by atoms with Gasteiger partial charge in [-0.15, -0.1) is 0 Å². The summed E-state index contributed by atoms with van der Waals surface area (Å²) in [6.45, 7) is 27.1. The van der Waals surface area contributed by atoms with E-state index < -0.39 is 0 Å². The Hall–Kier alpha value is -0.770. The highest BCUT2D eigenvalue weighted by Crippen LogP contribution is 2.19. The highest BCUT2D eigenvalue weighted by molar-refractivity contribution is 5.37. The summed E-state index contributed by atoms with van der Waals surface area (Å²) in [7, 11) is 0. The van der Waals surface area contributed by atoms with E-state index in [9.17, 15) is 15.0 Å². The smallest absolute Gasteiger partial charge is 0.293 e. The molecule has 4 heterocycles. The SMILES string of the molecule is CC(C)N1CCC(O)CC1.CC(C)N1CCCC(OC=O)C1.CC(C)N1CCCCC1C.CC(C)N1CCCCC1O. The predicted octanol–water partition coefficient (Wildman–Crippen LogP) is 5.35. The maximum absolute atomic E-state index is 10.1. The number of aliphatic hydroxyl groups is 2. The van der Waals surface area contributed by atoms with Crippen molar-refractivity contribution in [2.45, 2.75) is 175 Å². The highest BCUT2D eigenvalue weighted by atomic mass is 16.5. The first-order chi connectivity index (χ1) is 19.9. The molecule has 0 bridgehead atoms. The van der Waals surface area contributed by atoms with Gasteiger partial charge in [0.25, 0.3) is 6.47 Å². The van der Waals surface area contributed by atoms with E-state index in [1.54, 1.807) is 0 Å². The summed E-state index contributed by atoms with van der Waals surface area (Å²) in [6.07, 6.45) is 11.6. The number of hydrogen-bond donors (Lipinski definition) is 2. The van der Waals surface area contributed by atoms with Gasteiger partial charge in [0.15, 0.2) is 0 Å². The molecule has 4 aliphatic heterocycles. The Balaban J connectivity index is 0.000000281. The number of ether oxygens (including phenoxy) is 1. The predicted molar refractivity (Wildman–Crippen MR) is 176 cm³/mol. The second kappa shape index (κ2) is 21.9. The Labute approximate surface area is 260 Å². The second-order valence-electron chi connectivity index (χ2n) is 13.9. The third-order valence-electron chi connectivity index (χ3n) is 9.31. The summed E-state index contributed by atoms with van der Waals surface area (Å²) in [6, 6.07) is 3.27. The quantitative estimate of drug-likeness (QED) is 0.396. The average Bonchev–Trinajstić information content (AvgIpc) is 2.95. The van der Waals surface area contributed by atoms with E-state index in [1.807, 2.05) is 0 Å². The Morgan fingerprint density at radius 1 is 0.619 bits per heavy atom. The van der Waals surface area contributed by atoms with Crippen LogP contribution in [0.15, 0.2) is 0 Å². The topological polar surface area (TPSA) is 79.7 Å². The molecular formula is C34H70N4O4. The van der Waals surface area contributed by atoms with Crippen LogP contribution < -0.4 is 0 Å². The highest BCUT2D eigenvalue weighted by Gasteiger charge is 2.23. The lowest BCUT2D eigenvalue weighted by Gasteiger charge is -2.36. The van der Waals surface area contributed by atoms with Gasteiger partial charge < -0.3 is 19.8 Å². The molecule has 8 heteroatoms. The molecule has 0 radical (unpaired) electrons. The van der Waals surface area contributed by atoms with Crippen molar-refractivity contribution >= 4 is 6.47 Å². The van der Waals surface area contributed by atoms with Crippen LogP contribution >= 0.6 is 0 Å². The summed E-state index contributed by atoms with van der Waals surface area (Å²) in [4.78, 5) is 19.6. The fraction of sp³-hybridized carbons (Fsp3) is 0.971. The monoisotopic (exact) mass is 599 g/mol. The van der Waals surface area contributed by atoms with Crippen LogP contribution in [0.4, 0.5) is 0 Å². The first-order valence-electron chi connectivity index (χ1n) is 17.3. The largest absolute Gasteiger partial charge is 0.463 e. The van der Waals surface area contributed by atoms with Gasteiger partial charge in [0.05, 0.1) is 6.10 Å². The molecule has 0 aromatic carbocycles. The molecule has 3 unspecified atom stereocenters. The number of carbonyl (C=O) groups is 1. The number of rotatable bonds is 6. The van der Waals surface area contributed by atoms with Gasteiger partial charge in [0.1, 0.15) is 12.3 Å². The Bertz CT molecular complexity index is 644. The number of nitrogens with zero attached hydrogens (tertiary/aromatic N) is 4. The minimum atomic E-state index is -0.172. The van der Waals surface area contributed by atoms with Crippen LogP contribution in [-0.2, 0) is 9.53 Å². The first-order valence-corrected chi connectivity index (χ1v) is 17.3. The van der Waals surface area contributed by atoms with Crippen LogP contribution in [0, 0.1) is 0 Å². The van der Waals surface area contributed by atoms with Crippen LogP contribution in [0.1, 0.15) is 127 Å². The number of piperidine rings is 4. The third kappa shape index (κ3) is 15.8. The van der Waals surface area contributed by atoms with Crippen molar-refractivity contribution in [3.05, 3.63) is 0 Å². The minimum absolute atomic E-state index is 0.0324. The average molecular weight is 599 g/mol. The molecule has 0 saturated carbocycles. The lowest BCUT2D eigenvalue weighted by Crippen LogP contribution is -2.43. The lowest BCUT2D eigenvalue weighted by molar-refractivity contribution is -0.136. The molecule has 0 aromatic rings. The maximum Gasteiger partial charge on any atom is 0.293 e. The summed E-state index contributed by atoms with van der Waals surface area (Å²) in [5.41, 5.74) is 0. The van der Waals surface area contributed by atoms with Gasteiger partial charge >= 0.3 is 0 Å². The summed E-state index contributed by atoms with van der Waals surface area (Å²) >= 11 is 0. The summed E-state index contributed by atoms with van der Waals surface area (Å²) in [5.74, 6) is 0. The molecule has 4 saturated heterocycles. The van der Waals surface area contributed by atoms with Crippen molar-refractivity contribution in [3.63, 3.8) is 0 Å². The molecule has 4 aliphatic rings. The second-order valence-corrected chi connectivity index (χ2v) is 13.9. The minimum Gasteiger partial charge on any atom is -0.463 e. The van der Waals surface area contributed by atoms with Gasteiger partial charge in [-0.25, -0.2) is 0 Å². The van der Waals surface area contributed by atoms with Crippen molar-refractivity contribution in [2.75, 3.05) is 39.3 Å². The molecule has 42 heavy (non-hydrogen) atoms. The number of aliphatic hydroxyl groups excluding tert-OH is 2. The molecule has 0 aromatic heterocycles. The first kappa shape index (κ1) is 39.3. The Kier molecular flexibility index (Phi) is 20.4. The van der Waals surface area contributed by atoms with E-state index in [2.05, 4.69) is 81.9 Å². The fourth-order valence-corrected chi connectivity index (χ4v) is 6.45. The number of carbonyl (C=O) groups excluding carboxylic acids is 1. The molecule has 0 amide bonds. The van der Waals surface area contributed by atoms with Crippen LogP contribution in [0.5, 0.6) is 0 Å². The summed E-state index contributed by atoms with van der Waals surface area (Å²) in [5, 5.41) is 18.6. The van der Waals surface area contributed by atoms with Crippen LogP contribution in [0.3, 0.4) is 0 Å². The van der Waals surface area contributed by atoms with Gasteiger partial charge in [-0.3, -0.25) is 19.5 Å². The van der Waals surface area contributed by atoms with Crippen LogP contribution in [0.25, 0.3) is 0 Å². The molecule has 3 atom stereocenters. The van der Waals surface area contributed by atoms with Gasteiger partial charge in [-0.2, -0.15) is 0 Å². The standard InChI is InChI=1S/C9H17NO2.C9H19N.2C8H17NO/c1-8(2)10-5-3-4-9(6-10)12-7-11;1-8(2)10-7-5-4-6-9(10)3;1-7(2)9-5-3-8(10)4-6-9;1-7(2)9-6-4-3-5-8(9)10/h7-9H,3-6H2,1-2H3;8-9H,4-7H2,1-3H3;2*7-8,10H,3-6H2,1-2H3. The number of likely N-dealkylation sites (tertiary alicyclic amines) is 4. The summed E-state index contributed by atoms with van der Waals surface area (Å²) < 4.78 is 4.94. The van der Waals surface area contributed by atoms with Crippen LogP contribution in [0.2, 0.25) is 0 Å². The van der Waals surface area contributed by atoms with Gasteiger partial charge in [-0.05, 0) is 133 Å². The van der Waals surface area contributed by atoms with E-state index in [0.29, 0.717) is 24.6 Å². The van der Waals surface area contributed by atoms with Crippen LogP contribution in [-0.4, -0.2) is 124 Å². The lowest BCUT2D eigenvalue weighted by atomic mass is 10.0. The van der Waals surface area contributed by atoms with E-state index in [-0.39, 0.29) is 18.4 Å². The van der Waals surface area contributed by atoms with Crippen molar-refractivity contribution in [1.29, 1.82) is 0 Å².